The van der Waals surface area contributed by atoms with Gasteiger partial charge in [0.25, 0.3) is 5.56 Å². The number of nitrogens with two attached hydrogens (primary N) is 1. The summed E-state index contributed by atoms with van der Waals surface area (Å²) in [5.74, 6) is -1.61. The summed E-state index contributed by atoms with van der Waals surface area (Å²) in [6, 6.07) is 6.34. The van der Waals surface area contributed by atoms with Crippen LogP contribution in [0.3, 0.4) is 0 Å². The van der Waals surface area contributed by atoms with Crippen molar-refractivity contribution in [3.63, 3.8) is 0 Å². The zero-order chi connectivity index (χ0) is 20.4. The molecule has 0 spiro atoms. The average molecular weight is 396 g/mol. The van der Waals surface area contributed by atoms with Crippen LogP contribution in [0.1, 0.15) is 24.2 Å². The number of benzene rings is 1. The summed E-state index contributed by atoms with van der Waals surface area (Å²) in [4.78, 5) is 49.7. The van der Waals surface area contributed by atoms with Crippen molar-refractivity contribution in [2.24, 2.45) is 7.05 Å². The lowest BCUT2D eigenvalue weighted by Crippen LogP contribution is -2.41. The Bertz CT molecular complexity index is 991. The van der Waals surface area contributed by atoms with E-state index in [1.54, 1.807) is 24.3 Å². The Hall–Kier alpha value is -3.07. The topological polar surface area (TPSA) is 133 Å². The van der Waals surface area contributed by atoms with E-state index in [1.807, 2.05) is 4.98 Å². The number of carbonyl (C=O) groups excluding carboxylic acids is 2. The number of ether oxygens (including phenoxy) is 2. The minimum atomic E-state index is -1.41. The van der Waals surface area contributed by atoms with Crippen LogP contribution in [0.15, 0.2) is 33.9 Å². The van der Waals surface area contributed by atoms with Crippen molar-refractivity contribution in [3.8, 4) is 5.75 Å². The maximum absolute atomic E-state index is 12.3. The van der Waals surface area contributed by atoms with Crippen LogP contribution in [0, 0.1) is 0 Å². The quantitative estimate of drug-likeness (QED) is 0.548. The van der Waals surface area contributed by atoms with E-state index in [1.165, 1.54) is 20.9 Å². The molecule has 2 rings (SSSR count). The smallest absolute Gasteiger partial charge is 0.350 e. The molecule has 27 heavy (non-hydrogen) atoms. The van der Waals surface area contributed by atoms with Gasteiger partial charge < -0.3 is 15.2 Å². The highest BCUT2D eigenvalue weighted by Crippen LogP contribution is 2.21. The van der Waals surface area contributed by atoms with Gasteiger partial charge in [0.05, 0.1) is 0 Å². The number of anilines is 1. The SMILES string of the molecule is Cn1c(N)c(C(=O)COC(=O)C(C)(C)Oc2ccc(Cl)cc2)c(=O)[nH]c1=O. The second-order valence-corrected chi connectivity index (χ2v) is 6.58. The third-order valence-corrected chi connectivity index (χ3v) is 3.91. The van der Waals surface area contributed by atoms with Gasteiger partial charge in [0.1, 0.15) is 17.1 Å². The van der Waals surface area contributed by atoms with Crippen LogP contribution in [-0.4, -0.2) is 33.5 Å². The number of esters is 1. The predicted octanol–water partition coefficient (Wildman–Crippen LogP) is 0.893. The molecule has 1 heterocycles. The number of aromatic nitrogens is 2. The third kappa shape index (κ3) is 4.56. The van der Waals surface area contributed by atoms with Crippen LogP contribution >= 0.6 is 11.6 Å². The molecule has 0 aliphatic heterocycles. The Labute approximate surface area is 158 Å². The van der Waals surface area contributed by atoms with Gasteiger partial charge in [-0.2, -0.15) is 0 Å². The van der Waals surface area contributed by atoms with Gasteiger partial charge >= 0.3 is 11.7 Å². The van der Waals surface area contributed by atoms with Gasteiger partial charge in [0.15, 0.2) is 12.2 Å². The van der Waals surface area contributed by atoms with Crippen LogP contribution in [-0.2, 0) is 16.6 Å². The molecule has 0 radical (unpaired) electrons. The number of Topliss-reactive ketones (excluding diaryl/α,β-unsaturated/α-hetero) is 1. The predicted molar refractivity (Wildman–Crippen MR) is 98.2 cm³/mol. The van der Waals surface area contributed by atoms with Crippen molar-refractivity contribution < 1.29 is 19.1 Å². The number of H-pyrrole nitrogens is 1. The Balaban J connectivity index is 2.09. The van der Waals surface area contributed by atoms with Gasteiger partial charge in [-0.15, -0.1) is 0 Å². The number of nitrogen functional groups attached to an aromatic ring is 1. The number of hydrogen-bond acceptors (Lipinski definition) is 7. The third-order valence-electron chi connectivity index (χ3n) is 3.66. The maximum atomic E-state index is 12.3. The number of ketones is 1. The van der Waals surface area contributed by atoms with Crippen molar-refractivity contribution in [3.05, 3.63) is 55.7 Å². The molecule has 0 amide bonds. The van der Waals surface area contributed by atoms with Gasteiger partial charge in [0, 0.05) is 12.1 Å². The van der Waals surface area contributed by atoms with Crippen molar-refractivity contribution >= 4 is 29.2 Å². The highest BCUT2D eigenvalue weighted by Gasteiger charge is 2.33. The molecule has 0 unspecified atom stereocenters. The van der Waals surface area contributed by atoms with E-state index in [2.05, 4.69) is 0 Å². The minimum absolute atomic E-state index is 0.318. The largest absolute Gasteiger partial charge is 0.476 e. The van der Waals surface area contributed by atoms with E-state index in [9.17, 15) is 19.2 Å². The molecule has 0 aliphatic rings. The van der Waals surface area contributed by atoms with Crippen molar-refractivity contribution in [2.75, 3.05) is 12.3 Å². The Kier molecular flexibility index (Phi) is 5.75. The molecule has 9 nitrogen and oxygen atoms in total. The standard InChI is InChI=1S/C17H18ClN3O6/c1-17(2,27-10-6-4-9(18)5-7-10)15(24)26-8-11(22)12-13(19)21(3)16(25)20-14(12)23/h4-7H,8,19H2,1-3H3,(H,20,23,25). The maximum Gasteiger partial charge on any atom is 0.350 e. The van der Waals surface area contributed by atoms with E-state index >= 15 is 0 Å². The molecule has 2 aromatic rings. The Morgan fingerprint density at radius 1 is 1.22 bits per heavy atom. The molecule has 0 atom stereocenters. The molecule has 1 aromatic carbocycles. The highest BCUT2D eigenvalue weighted by atomic mass is 35.5. The Morgan fingerprint density at radius 2 is 1.81 bits per heavy atom. The monoisotopic (exact) mass is 395 g/mol. The van der Waals surface area contributed by atoms with Crippen LogP contribution in [0.2, 0.25) is 5.02 Å². The fourth-order valence-corrected chi connectivity index (χ4v) is 2.25. The zero-order valence-corrected chi connectivity index (χ0v) is 15.6. The lowest BCUT2D eigenvalue weighted by Gasteiger charge is -2.24. The highest BCUT2D eigenvalue weighted by molar-refractivity contribution is 6.30. The number of aromatic amines is 1. The first kappa shape index (κ1) is 20.2. The molecule has 0 saturated heterocycles. The fraction of sp³-hybridized carbons (Fsp3) is 0.294. The average Bonchev–Trinajstić information content (AvgIpc) is 2.59. The second-order valence-electron chi connectivity index (χ2n) is 6.14. The van der Waals surface area contributed by atoms with E-state index < -0.39 is 40.8 Å². The normalized spacial score (nSPS) is 11.1. The van der Waals surface area contributed by atoms with Crippen molar-refractivity contribution in [1.29, 1.82) is 0 Å². The molecule has 0 aliphatic carbocycles. The van der Waals surface area contributed by atoms with Crippen LogP contribution < -0.4 is 21.7 Å². The number of nitrogens with one attached hydrogen (secondary N) is 1. The zero-order valence-electron chi connectivity index (χ0n) is 14.9. The van der Waals surface area contributed by atoms with Gasteiger partial charge in [-0.1, -0.05) is 11.6 Å². The number of carbonyl (C=O) groups is 2. The second kappa shape index (κ2) is 7.67. The van der Waals surface area contributed by atoms with Gasteiger partial charge in [-0.3, -0.25) is 19.1 Å². The Morgan fingerprint density at radius 3 is 2.41 bits per heavy atom. The van der Waals surface area contributed by atoms with E-state index in [-0.39, 0.29) is 5.82 Å². The summed E-state index contributed by atoms with van der Waals surface area (Å²) in [6.45, 7) is 2.18. The molecule has 1 aromatic heterocycles. The lowest BCUT2D eigenvalue weighted by atomic mass is 10.1. The molecule has 0 fully saturated rings. The number of halogens is 1. The van der Waals surface area contributed by atoms with E-state index in [4.69, 9.17) is 26.8 Å². The van der Waals surface area contributed by atoms with Crippen molar-refractivity contribution in [1.82, 2.24) is 9.55 Å². The first-order chi connectivity index (χ1) is 12.5. The number of rotatable bonds is 6. The summed E-state index contributed by atoms with van der Waals surface area (Å²) >= 11 is 5.79. The first-order valence-electron chi connectivity index (χ1n) is 7.76. The lowest BCUT2D eigenvalue weighted by molar-refractivity contribution is -0.158. The summed E-state index contributed by atoms with van der Waals surface area (Å²) in [7, 11) is 1.29. The summed E-state index contributed by atoms with van der Waals surface area (Å²) < 4.78 is 11.4. The summed E-state index contributed by atoms with van der Waals surface area (Å²) in [5, 5.41) is 0.508. The van der Waals surface area contributed by atoms with Crippen LogP contribution in [0.25, 0.3) is 0 Å². The first-order valence-corrected chi connectivity index (χ1v) is 8.14. The molecule has 144 valence electrons. The van der Waals surface area contributed by atoms with Crippen LogP contribution in [0.4, 0.5) is 5.82 Å². The number of nitrogens with zero attached hydrogens (tertiary/aromatic N) is 1. The summed E-state index contributed by atoms with van der Waals surface area (Å²) in [5.41, 5.74) is 2.06. The molecule has 0 bridgehead atoms. The number of hydrogen-bond donors (Lipinski definition) is 2. The summed E-state index contributed by atoms with van der Waals surface area (Å²) in [6.07, 6.45) is 0. The molecular weight excluding hydrogens is 378 g/mol. The molecule has 3 N–H and O–H groups in total. The van der Waals surface area contributed by atoms with Gasteiger partial charge in [-0.05, 0) is 38.1 Å². The van der Waals surface area contributed by atoms with E-state index in [0.717, 1.165) is 4.57 Å². The minimum Gasteiger partial charge on any atom is -0.476 e. The fourth-order valence-electron chi connectivity index (χ4n) is 2.12. The van der Waals surface area contributed by atoms with E-state index in [0.29, 0.717) is 10.8 Å². The van der Waals surface area contributed by atoms with Crippen molar-refractivity contribution in [2.45, 2.75) is 19.4 Å². The molecule has 10 heteroatoms. The molecular formula is C17H18ClN3O6. The van der Waals surface area contributed by atoms with Gasteiger partial charge in [0.2, 0.25) is 5.78 Å². The van der Waals surface area contributed by atoms with Crippen LogP contribution in [0.5, 0.6) is 5.75 Å². The molecule has 0 saturated carbocycles. The van der Waals surface area contributed by atoms with Gasteiger partial charge in [-0.25, -0.2) is 9.59 Å².